The number of hydrogen-bond donors (Lipinski definition) is 1. The molecular formula is C24H23N5O2. The van der Waals surface area contributed by atoms with E-state index < -0.39 is 0 Å². The first kappa shape index (κ1) is 19.3. The minimum atomic E-state index is 0.140. The van der Waals surface area contributed by atoms with Gasteiger partial charge in [-0.2, -0.15) is 10.2 Å². The zero-order valence-electron chi connectivity index (χ0n) is 17.5. The van der Waals surface area contributed by atoms with Crippen LogP contribution in [0, 0.1) is 11.3 Å². The predicted molar refractivity (Wildman–Crippen MR) is 118 cm³/mol. The number of fused-ring (bicyclic) bond motifs is 2. The number of nitriles is 1. The summed E-state index contributed by atoms with van der Waals surface area (Å²) in [6.07, 6.45) is 1.50. The Morgan fingerprint density at radius 1 is 1.19 bits per heavy atom. The van der Waals surface area contributed by atoms with Gasteiger partial charge in [0, 0.05) is 42.5 Å². The van der Waals surface area contributed by atoms with Crippen LogP contribution >= 0.6 is 0 Å². The average Bonchev–Trinajstić information content (AvgIpc) is 3.13. The molecule has 3 heterocycles. The zero-order valence-corrected chi connectivity index (χ0v) is 17.5. The molecule has 0 radical (unpaired) electrons. The highest BCUT2D eigenvalue weighted by molar-refractivity contribution is 5.73. The monoisotopic (exact) mass is 413 g/mol. The summed E-state index contributed by atoms with van der Waals surface area (Å²) >= 11 is 0. The first-order valence-electron chi connectivity index (χ1n) is 10.4. The van der Waals surface area contributed by atoms with Gasteiger partial charge in [0.25, 0.3) is 0 Å². The van der Waals surface area contributed by atoms with Crippen molar-refractivity contribution in [1.29, 1.82) is 5.26 Å². The topological polar surface area (TPSA) is 85.5 Å². The third kappa shape index (κ3) is 3.25. The van der Waals surface area contributed by atoms with Crippen LogP contribution in [0.2, 0.25) is 0 Å². The molecule has 0 amide bonds. The normalized spacial score (nSPS) is 17.1. The lowest BCUT2D eigenvalue weighted by atomic mass is 10.0. The first-order valence-corrected chi connectivity index (χ1v) is 10.4. The second-order valence-corrected chi connectivity index (χ2v) is 7.99. The maximum atomic E-state index is 9.95. The van der Waals surface area contributed by atoms with Gasteiger partial charge in [0.1, 0.15) is 11.6 Å². The molecule has 1 N–H and O–H groups in total. The van der Waals surface area contributed by atoms with Crippen LogP contribution in [0.4, 0.5) is 23.1 Å². The number of ether oxygens (including phenoxy) is 1. The maximum Gasteiger partial charge on any atom is 0.232 e. The summed E-state index contributed by atoms with van der Waals surface area (Å²) < 4.78 is 5.71. The van der Waals surface area contributed by atoms with Crippen molar-refractivity contribution in [2.24, 2.45) is 0 Å². The summed E-state index contributed by atoms with van der Waals surface area (Å²) in [5, 5.41) is 19.5. The van der Waals surface area contributed by atoms with Crippen LogP contribution < -0.4 is 9.80 Å². The van der Waals surface area contributed by atoms with E-state index >= 15 is 0 Å². The molecule has 2 aliphatic rings. The van der Waals surface area contributed by atoms with Crippen LogP contribution in [0.1, 0.15) is 29.3 Å². The summed E-state index contributed by atoms with van der Waals surface area (Å²) in [5.74, 6) is 1.60. The standard InChI is InChI=1S/C24H23N5O2/c1-15-11-19-16(13-25)5-3-8-22(19)29(15)24-26-21-9-10-31-14-20(21)23(27-24)28(2)17-6-4-7-18(30)12-17/h3-8,12,15,30H,9-11,14H2,1-2H3. The fourth-order valence-electron chi connectivity index (χ4n) is 4.46. The van der Waals surface area contributed by atoms with Gasteiger partial charge < -0.3 is 19.6 Å². The summed E-state index contributed by atoms with van der Waals surface area (Å²) in [6.45, 7) is 3.22. The van der Waals surface area contributed by atoms with Crippen LogP contribution in [-0.2, 0) is 24.2 Å². The molecule has 5 rings (SSSR count). The van der Waals surface area contributed by atoms with Gasteiger partial charge in [-0.1, -0.05) is 12.1 Å². The van der Waals surface area contributed by atoms with E-state index in [2.05, 4.69) is 17.9 Å². The third-order valence-electron chi connectivity index (χ3n) is 6.01. The number of nitrogens with zero attached hydrogens (tertiary/aromatic N) is 5. The molecule has 0 saturated carbocycles. The molecule has 156 valence electrons. The molecule has 7 nitrogen and oxygen atoms in total. The smallest absolute Gasteiger partial charge is 0.232 e. The Balaban J connectivity index is 1.65. The number of hydrogen-bond acceptors (Lipinski definition) is 7. The Kier molecular flexibility index (Phi) is 4.72. The molecule has 0 saturated heterocycles. The molecular weight excluding hydrogens is 390 g/mol. The van der Waals surface area contributed by atoms with Crippen LogP contribution in [0.3, 0.4) is 0 Å². The molecule has 2 aliphatic heterocycles. The third-order valence-corrected chi connectivity index (χ3v) is 6.01. The van der Waals surface area contributed by atoms with Gasteiger partial charge in [0.15, 0.2) is 0 Å². The molecule has 0 aliphatic carbocycles. The van der Waals surface area contributed by atoms with E-state index in [4.69, 9.17) is 14.7 Å². The van der Waals surface area contributed by atoms with Crippen LogP contribution in [0.25, 0.3) is 0 Å². The van der Waals surface area contributed by atoms with E-state index in [-0.39, 0.29) is 11.8 Å². The van der Waals surface area contributed by atoms with Gasteiger partial charge in [0.05, 0.1) is 30.5 Å². The number of aromatic hydroxyl groups is 1. The molecule has 0 spiro atoms. The van der Waals surface area contributed by atoms with Gasteiger partial charge in [-0.05, 0) is 43.2 Å². The highest BCUT2D eigenvalue weighted by atomic mass is 16.5. The van der Waals surface area contributed by atoms with Crippen molar-refractivity contribution in [3.05, 3.63) is 64.8 Å². The largest absolute Gasteiger partial charge is 0.508 e. The molecule has 1 atom stereocenters. The number of anilines is 4. The van der Waals surface area contributed by atoms with E-state index in [9.17, 15) is 10.4 Å². The average molecular weight is 413 g/mol. The maximum absolute atomic E-state index is 9.95. The molecule has 2 aromatic carbocycles. The van der Waals surface area contributed by atoms with E-state index in [0.717, 1.165) is 46.9 Å². The number of aromatic nitrogens is 2. The molecule has 0 bridgehead atoms. The quantitative estimate of drug-likeness (QED) is 0.695. The van der Waals surface area contributed by atoms with Gasteiger partial charge in [-0.15, -0.1) is 0 Å². The second kappa shape index (κ2) is 7.56. The molecule has 1 unspecified atom stereocenters. The highest BCUT2D eigenvalue weighted by Crippen LogP contribution is 2.40. The zero-order chi connectivity index (χ0) is 21.5. The summed E-state index contributed by atoms with van der Waals surface area (Å²) in [5.41, 5.74) is 5.53. The lowest BCUT2D eigenvalue weighted by Crippen LogP contribution is -2.29. The Morgan fingerprint density at radius 2 is 2.03 bits per heavy atom. The lowest BCUT2D eigenvalue weighted by Gasteiger charge is -2.29. The van der Waals surface area contributed by atoms with Crippen molar-refractivity contribution in [3.63, 3.8) is 0 Å². The van der Waals surface area contributed by atoms with Crippen molar-refractivity contribution in [2.75, 3.05) is 23.5 Å². The molecule has 1 aromatic heterocycles. The van der Waals surface area contributed by atoms with Gasteiger partial charge in [-0.25, -0.2) is 4.98 Å². The van der Waals surface area contributed by atoms with Crippen molar-refractivity contribution in [2.45, 2.75) is 32.4 Å². The fraction of sp³-hybridized carbons (Fsp3) is 0.292. The Hall–Kier alpha value is -3.63. The van der Waals surface area contributed by atoms with Crippen LogP contribution in [0.15, 0.2) is 42.5 Å². The van der Waals surface area contributed by atoms with Crippen molar-refractivity contribution >= 4 is 23.1 Å². The minimum Gasteiger partial charge on any atom is -0.508 e. The second-order valence-electron chi connectivity index (χ2n) is 7.99. The summed E-state index contributed by atoms with van der Waals surface area (Å²) in [6, 6.07) is 15.4. The molecule has 7 heteroatoms. The van der Waals surface area contributed by atoms with Gasteiger partial charge >= 0.3 is 0 Å². The summed E-state index contributed by atoms with van der Waals surface area (Å²) in [7, 11) is 1.94. The van der Waals surface area contributed by atoms with Crippen LogP contribution in [-0.4, -0.2) is 34.8 Å². The number of rotatable bonds is 3. The van der Waals surface area contributed by atoms with E-state index in [1.807, 2.05) is 42.3 Å². The number of phenolic OH excluding ortho intramolecular Hbond substituents is 1. The Labute approximate surface area is 181 Å². The van der Waals surface area contributed by atoms with Crippen molar-refractivity contribution in [1.82, 2.24) is 9.97 Å². The highest BCUT2D eigenvalue weighted by Gasteiger charge is 2.33. The van der Waals surface area contributed by atoms with E-state index in [1.165, 1.54) is 0 Å². The molecule has 31 heavy (non-hydrogen) atoms. The summed E-state index contributed by atoms with van der Waals surface area (Å²) in [4.78, 5) is 14.0. The van der Waals surface area contributed by atoms with E-state index in [0.29, 0.717) is 24.7 Å². The first-order chi connectivity index (χ1) is 15.1. The Morgan fingerprint density at radius 3 is 2.84 bits per heavy atom. The predicted octanol–water partition coefficient (Wildman–Crippen LogP) is 3.98. The van der Waals surface area contributed by atoms with Gasteiger partial charge in [-0.3, -0.25) is 0 Å². The SMILES string of the molecule is CC1Cc2c(C#N)cccc2N1c1nc2c(c(N(C)c3cccc(O)c3)n1)COCC2. The fourth-order valence-corrected chi connectivity index (χ4v) is 4.46. The minimum absolute atomic E-state index is 0.140. The van der Waals surface area contributed by atoms with Crippen molar-refractivity contribution < 1.29 is 9.84 Å². The number of phenols is 1. The molecule has 0 fully saturated rings. The number of benzene rings is 2. The van der Waals surface area contributed by atoms with E-state index in [1.54, 1.807) is 12.1 Å². The van der Waals surface area contributed by atoms with Crippen molar-refractivity contribution in [3.8, 4) is 11.8 Å². The Bertz CT molecular complexity index is 1200. The molecule has 3 aromatic rings. The lowest BCUT2D eigenvalue weighted by molar-refractivity contribution is 0.109. The van der Waals surface area contributed by atoms with Crippen LogP contribution in [0.5, 0.6) is 5.75 Å². The van der Waals surface area contributed by atoms with Gasteiger partial charge in [0.2, 0.25) is 5.95 Å².